The van der Waals surface area contributed by atoms with Crippen molar-refractivity contribution in [1.82, 2.24) is 10.6 Å². The van der Waals surface area contributed by atoms with Gasteiger partial charge < -0.3 is 25.7 Å². The maximum atomic E-state index is 11.8. The number of urea groups is 1. The molecule has 2 rings (SSSR count). The highest BCUT2D eigenvalue weighted by Crippen LogP contribution is 2.13. The van der Waals surface area contributed by atoms with E-state index in [4.69, 9.17) is 4.42 Å². The first-order valence-corrected chi connectivity index (χ1v) is 7.29. The number of carbonyl (C=O) groups excluding carboxylic acids is 3. The normalized spacial score (nSPS) is 9.88. The molecule has 0 aliphatic carbocycles. The van der Waals surface area contributed by atoms with E-state index in [9.17, 15) is 14.4 Å². The van der Waals surface area contributed by atoms with Crippen LogP contribution in [-0.2, 0) is 4.79 Å². The summed E-state index contributed by atoms with van der Waals surface area (Å²) in [6, 6.07) is 9.52. The van der Waals surface area contributed by atoms with Gasteiger partial charge in [0, 0.05) is 31.4 Å². The van der Waals surface area contributed by atoms with Crippen molar-refractivity contribution in [1.29, 1.82) is 0 Å². The Bertz CT molecular complexity index is 695. The second-order valence-electron chi connectivity index (χ2n) is 4.81. The maximum Gasteiger partial charge on any atom is 0.318 e. The van der Waals surface area contributed by atoms with Crippen LogP contribution in [0.1, 0.15) is 17.0 Å². The fourth-order valence-corrected chi connectivity index (χ4v) is 1.84. The fourth-order valence-electron chi connectivity index (χ4n) is 1.84. The van der Waals surface area contributed by atoms with Crippen LogP contribution in [0, 0.1) is 0 Å². The molecule has 0 aliphatic heterocycles. The van der Waals surface area contributed by atoms with Crippen LogP contribution >= 0.6 is 0 Å². The highest BCUT2D eigenvalue weighted by atomic mass is 16.3. The number of rotatable bonds is 6. The Balaban J connectivity index is 1.74. The van der Waals surface area contributed by atoms with Crippen molar-refractivity contribution < 1.29 is 18.8 Å². The minimum Gasteiger partial charge on any atom is -0.459 e. The Morgan fingerprint density at radius 3 is 2.25 bits per heavy atom. The van der Waals surface area contributed by atoms with Gasteiger partial charge in [-0.05, 0) is 36.4 Å². The lowest BCUT2D eigenvalue weighted by Crippen LogP contribution is -2.27. The Hall–Kier alpha value is -3.29. The molecule has 0 spiro atoms. The zero-order valence-electron chi connectivity index (χ0n) is 13.1. The number of amides is 4. The summed E-state index contributed by atoms with van der Waals surface area (Å²) < 4.78 is 4.95. The lowest BCUT2D eigenvalue weighted by atomic mass is 10.2. The van der Waals surface area contributed by atoms with Crippen LogP contribution in [0.25, 0.3) is 0 Å². The predicted octanol–water partition coefficient (Wildman–Crippen LogP) is 1.79. The second kappa shape index (κ2) is 8.37. The van der Waals surface area contributed by atoms with E-state index >= 15 is 0 Å². The number of nitrogens with one attached hydrogen (secondary N) is 4. The third kappa shape index (κ3) is 5.16. The van der Waals surface area contributed by atoms with Gasteiger partial charge in [-0.25, -0.2) is 4.79 Å². The van der Waals surface area contributed by atoms with Crippen molar-refractivity contribution in [2.24, 2.45) is 0 Å². The SMILES string of the molecule is CNC(=O)Nc1ccc(NC(=O)CCNC(=O)c2ccco2)cc1. The van der Waals surface area contributed by atoms with Gasteiger partial charge in [0.25, 0.3) is 5.91 Å². The maximum absolute atomic E-state index is 11.8. The van der Waals surface area contributed by atoms with E-state index in [-0.39, 0.29) is 36.6 Å². The van der Waals surface area contributed by atoms with E-state index < -0.39 is 0 Å². The highest BCUT2D eigenvalue weighted by molar-refractivity contribution is 5.94. The van der Waals surface area contributed by atoms with Crippen LogP contribution in [0.15, 0.2) is 47.1 Å². The van der Waals surface area contributed by atoms with Crippen LogP contribution in [0.2, 0.25) is 0 Å². The van der Waals surface area contributed by atoms with Crippen LogP contribution in [0.5, 0.6) is 0 Å². The van der Waals surface area contributed by atoms with Crippen molar-refractivity contribution in [3.8, 4) is 0 Å². The highest BCUT2D eigenvalue weighted by Gasteiger charge is 2.09. The molecule has 8 heteroatoms. The summed E-state index contributed by atoms with van der Waals surface area (Å²) in [6.45, 7) is 0.196. The van der Waals surface area contributed by atoms with Gasteiger partial charge in [-0.15, -0.1) is 0 Å². The number of anilines is 2. The summed E-state index contributed by atoms with van der Waals surface area (Å²) in [4.78, 5) is 34.6. The van der Waals surface area contributed by atoms with Gasteiger partial charge in [0.1, 0.15) is 0 Å². The van der Waals surface area contributed by atoms with E-state index in [2.05, 4.69) is 21.3 Å². The monoisotopic (exact) mass is 330 g/mol. The largest absolute Gasteiger partial charge is 0.459 e. The second-order valence-corrected chi connectivity index (χ2v) is 4.81. The molecule has 4 amide bonds. The molecular weight excluding hydrogens is 312 g/mol. The summed E-state index contributed by atoms with van der Waals surface area (Å²) >= 11 is 0. The zero-order chi connectivity index (χ0) is 17.4. The number of hydrogen-bond acceptors (Lipinski definition) is 4. The van der Waals surface area contributed by atoms with E-state index in [1.807, 2.05) is 0 Å². The molecular formula is C16H18N4O4. The van der Waals surface area contributed by atoms with Gasteiger partial charge in [0.2, 0.25) is 5.91 Å². The summed E-state index contributed by atoms with van der Waals surface area (Å²) in [6.07, 6.45) is 1.54. The van der Waals surface area contributed by atoms with Crippen molar-refractivity contribution in [2.45, 2.75) is 6.42 Å². The summed E-state index contributed by atoms with van der Waals surface area (Å²) in [5.74, 6) is -0.395. The number of carbonyl (C=O) groups is 3. The standard InChI is InChI=1S/C16H18N4O4/c1-17-16(23)20-12-6-4-11(5-7-12)19-14(21)8-9-18-15(22)13-3-2-10-24-13/h2-7,10H,8-9H2,1H3,(H,18,22)(H,19,21)(H2,17,20,23). The Morgan fingerprint density at radius 1 is 1.00 bits per heavy atom. The molecule has 8 nitrogen and oxygen atoms in total. The Morgan fingerprint density at radius 2 is 1.67 bits per heavy atom. The molecule has 0 radical (unpaired) electrons. The van der Waals surface area contributed by atoms with Crippen LogP contribution in [0.4, 0.5) is 16.2 Å². The van der Waals surface area contributed by atoms with Gasteiger partial charge in [-0.1, -0.05) is 0 Å². The fraction of sp³-hybridized carbons (Fsp3) is 0.188. The van der Waals surface area contributed by atoms with Gasteiger partial charge >= 0.3 is 6.03 Å². The molecule has 0 saturated heterocycles. The lowest BCUT2D eigenvalue weighted by Gasteiger charge is -2.08. The molecule has 0 unspecified atom stereocenters. The average Bonchev–Trinajstić information content (AvgIpc) is 3.11. The third-order valence-corrected chi connectivity index (χ3v) is 3.04. The number of furan rings is 1. The predicted molar refractivity (Wildman–Crippen MR) is 88.8 cm³/mol. The molecule has 0 fully saturated rings. The van der Waals surface area contributed by atoms with Gasteiger partial charge in [-0.3, -0.25) is 9.59 Å². The van der Waals surface area contributed by atoms with Gasteiger partial charge in [-0.2, -0.15) is 0 Å². The van der Waals surface area contributed by atoms with Crippen LogP contribution < -0.4 is 21.3 Å². The topological polar surface area (TPSA) is 112 Å². The van der Waals surface area contributed by atoms with Gasteiger partial charge in [0.05, 0.1) is 6.26 Å². The Kier molecular flexibility index (Phi) is 5.95. The van der Waals surface area contributed by atoms with Crippen molar-refractivity contribution in [3.05, 3.63) is 48.4 Å². The quantitative estimate of drug-likeness (QED) is 0.647. The minimum absolute atomic E-state index is 0.130. The van der Waals surface area contributed by atoms with Crippen LogP contribution in [0.3, 0.4) is 0 Å². The average molecular weight is 330 g/mol. The van der Waals surface area contributed by atoms with E-state index in [1.165, 1.54) is 13.3 Å². The lowest BCUT2D eigenvalue weighted by molar-refractivity contribution is -0.116. The van der Waals surface area contributed by atoms with Crippen molar-refractivity contribution >= 4 is 29.2 Å². The first-order chi connectivity index (χ1) is 11.6. The van der Waals surface area contributed by atoms with Crippen LogP contribution in [-0.4, -0.2) is 31.4 Å². The molecule has 4 N–H and O–H groups in total. The minimum atomic E-state index is -0.363. The molecule has 1 aromatic heterocycles. The molecule has 0 atom stereocenters. The summed E-state index contributed by atoms with van der Waals surface area (Å²) in [7, 11) is 1.52. The van der Waals surface area contributed by atoms with Crippen molar-refractivity contribution in [2.75, 3.05) is 24.2 Å². The zero-order valence-corrected chi connectivity index (χ0v) is 13.1. The smallest absolute Gasteiger partial charge is 0.318 e. The molecule has 1 aromatic carbocycles. The summed E-state index contributed by atoms with van der Waals surface area (Å²) in [5.41, 5.74) is 1.21. The summed E-state index contributed by atoms with van der Waals surface area (Å²) in [5, 5.41) is 10.3. The molecule has 126 valence electrons. The molecule has 0 aliphatic rings. The first kappa shape index (κ1) is 17.1. The van der Waals surface area contributed by atoms with Gasteiger partial charge in [0.15, 0.2) is 5.76 Å². The first-order valence-electron chi connectivity index (χ1n) is 7.29. The van der Waals surface area contributed by atoms with E-state index in [1.54, 1.807) is 36.4 Å². The third-order valence-electron chi connectivity index (χ3n) is 3.04. The molecule has 0 bridgehead atoms. The van der Waals surface area contributed by atoms with Crippen molar-refractivity contribution in [3.63, 3.8) is 0 Å². The molecule has 1 heterocycles. The molecule has 0 saturated carbocycles. The Labute approximate surface area is 138 Å². The number of hydrogen-bond donors (Lipinski definition) is 4. The van der Waals surface area contributed by atoms with E-state index in [0.29, 0.717) is 11.4 Å². The molecule has 2 aromatic rings. The van der Waals surface area contributed by atoms with E-state index in [0.717, 1.165) is 0 Å². The molecule has 24 heavy (non-hydrogen) atoms. The number of benzene rings is 1.